The number of hydrogen-bond donors (Lipinski definition) is 1. The maximum Gasteiger partial charge on any atom is 0.0253 e. The largest absolute Gasteiger partial charge is 0.314 e. The van der Waals surface area contributed by atoms with E-state index in [-0.39, 0.29) is 5.41 Å². The molecule has 0 bridgehead atoms. The third-order valence-electron chi connectivity index (χ3n) is 4.36. The molecule has 1 nitrogen and oxygen atoms in total. The lowest BCUT2D eigenvalue weighted by atomic mass is 9.79. The van der Waals surface area contributed by atoms with Crippen molar-refractivity contribution < 1.29 is 0 Å². The molecule has 1 saturated carbocycles. The van der Waals surface area contributed by atoms with E-state index in [4.69, 9.17) is 0 Å². The molecule has 0 spiro atoms. The summed E-state index contributed by atoms with van der Waals surface area (Å²) in [6.07, 6.45) is 3.90. The minimum absolute atomic E-state index is 0.197. The third-order valence-corrected chi connectivity index (χ3v) is 5.05. The first-order chi connectivity index (χ1) is 9.58. The zero-order chi connectivity index (χ0) is 14.2. The van der Waals surface area contributed by atoms with Gasteiger partial charge in [-0.15, -0.1) is 0 Å². The fourth-order valence-corrected chi connectivity index (χ4v) is 3.34. The van der Waals surface area contributed by atoms with Crippen LogP contribution in [0.1, 0.15) is 38.7 Å². The van der Waals surface area contributed by atoms with Gasteiger partial charge in [-0.3, -0.25) is 0 Å². The molecule has 0 radical (unpaired) electrons. The molecule has 20 heavy (non-hydrogen) atoms. The summed E-state index contributed by atoms with van der Waals surface area (Å²) in [5, 5.41) is 6.32. The molecule has 2 aromatic rings. The van der Waals surface area contributed by atoms with Crippen LogP contribution in [0.25, 0.3) is 10.8 Å². The van der Waals surface area contributed by atoms with E-state index in [0.29, 0.717) is 0 Å². The van der Waals surface area contributed by atoms with Gasteiger partial charge in [0.15, 0.2) is 0 Å². The van der Waals surface area contributed by atoms with Crippen molar-refractivity contribution in [1.29, 1.82) is 0 Å². The van der Waals surface area contributed by atoms with Crippen LogP contribution < -0.4 is 5.32 Å². The molecule has 0 unspecified atom stereocenters. The minimum Gasteiger partial charge on any atom is -0.314 e. The second-order valence-electron chi connectivity index (χ2n) is 6.50. The van der Waals surface area contributed by atoms with Crippen molar-refractivity contribution in [3.05, 3.63) is 46.4 Å². The highest BCUT2D eigenvalue weighted by Crippen LogP contribution is 2.36. The number of rotatable bonds is 5. The lowest BCUT2D eigenvalue weighted by Crippen LogP contribution is -2.26. The van der Waals surface area contributed by atoms with Crippen LogP contribution >= 0.6 is 15.9 Å². The first-order valence-corrected chi connectivity index (χ1v) is 8.28. The number of hydrogen-bond acceptors (Lipinski definition) is 1. The Balaban J connectivity index is 1.89. The average molecular weight is 332 g/mol. The Morgan fingerprint density at radius 2 is 1.80 bits per heavy atom. The normalized spacial score (nSPS) is 15.8. The summed E-state index contributed by atoms with van der Waals surface area (Å²) in [6, 6.07) is 14.0. The Hall–Kier alpha value is -0.860. The van der Waals surface area contributed by atoms with Gasteiger partial charge in [0.25, 0.3) is 0 Å². The van der Waals surface area contributed by atoms with Crippen LogP contribution in [0.5, 0.6) is 0 Å². The maximum atomic E-state index is 3.67. The molecule has 1 N–H and O–H groups in total. The molecule has 1 aliphatic carbocycles. The van der Waals surface area contributed by atoms with E-state index in [9.17, 15) is 0 Å². The molecule has 0 heterocycles. The zero-order valence-electron chi connectivity index (χ0n) is 12.2. The maximum absolute atomic E-state index is 3.67. The third kappa shape index (κ3) is 2.91. The predicted octanol–water partition coefficient (Wildman–Crippen LogP) is 5.02. The molecule has 0 saturated heterocycles. The van der Waals surface area contributed by atoms with E-state index in [1.54, 1.807) is 0 Å². The van der Waals surface area contributed by atoms with E-state index in [1.165, 1.54) is 40.1 Å². The highest BCUT2D eigenvalue weighted by molar-refractivity contribution is 9.10. The summed E-state index contributed by atoms with van der Waals surface area (Å²) in [6.45, 7) is 5.83. The molecule has 106 valence electrons. The van der Waals surface area contributed by atoms with Gasteiger partial charge in [-0.05, 0) is 53.6 Å². The van der Waals surface area contributed by atoms with Crippen molar-refractivity contribution in [3.63, 3.8) is 0 Å². The van der Waals surface area contributed by atoms with Gasteiger partial charge >= 0.3 is 0 Å². The average Bonchev–Trinajstić information content (AvgIpc) is 3.23. The first-order valence-electron chi connectivity index (χ1n) is 7.49. The molecule has 0 aromatic heterocycles. The topological polar surface area (TPSA) is 12.0 Å². The van der Waals surface area contributed by atoms with E-state index < -0.39 is 0 Å². The number of halogens is 1. The highest BCUT2D eigenvalue weighted by Gasteiger charge is 2.25. The summed E-state index contributed by atoms with van der Waals surface area (Å²) in [5.74, 6) is 0. The Labute approximate surface area is 129 Å². The molecule has 2 aromatic carbocycles. The van der Waals surface area contributed by atoms with Crippen molar-refractivity contribution in [2.45, 2.75) is 44.6 Å². The fourth-order valence-electron chi connectivity index (χ4n) is 2.86. The Kier molecular flexibility index (Phi) is 3.87. The molecule has 0 aliphatic heterocycles. The SMILES string of the molecule is CC(C)(CCNC1CC1)c1ccc(Br)c2ccccc12. The van der Waals surface area contributed by atoms with Crippen molar-refractivity contribution in [2.75, 3.05) is 6.54 Å². The van der Waals surface area contributed by atoms with E-state index in [0.717, 1.165) is 12.6 Å². The summed E-state index contributed by atoms with van der Waals surface area (Å²) >= 11 is 3.67. The van der Waals surface area contributed by atoms with Crippen molar-refractivity contribution >= 4 is 26.7 Å². The summed E-state index contributed by atoms with van der Waals surface area (Å²) in [7, 11) is 0. The zero-order valence-corrected chi connectivity index (χ0v) is 13.8. The van der Waals surface area contributed by atoms with Crippen molar-refractivity contribution in [1.82, 2.24) is 5.32 Å². The monoisotopic (exact) mass is 331 g/mol. The van der Waals surface area contributed by atoms with Crippen LogP contribution in [0.4, 0.5) is 0 Å². The van der Waals surface area contributed by atoms with Crippen LogP contribution in [-0.4, -0.2) is 12.6 Å². The van der Waals surface area contributed by atoms with E-state index in [1.807, 2.05) is 0 Å². The summed E-state index contributed by atoms with van der Waals surface area (Å²) in [4.78, 5) is 0. The first kappa shape index (κ1) is 14.1. The van der Waals surface area contributed by atoms with Crippen LogP contribution in [0, 0.1) is 0 Å². The molecule has 0 atom stereocenters. The van der Waals surface area contributed by atoms with E-state index >= 15 is 0 Å². The Bertz CT molecular complexity index is 614. The van der Waals surface area contributed by atoms with Crippen LogP contribution in [0.2, 0.25) is 0 Å². The number of benzene rings is 2. The van der Waals surface area contributed by atoms with Crippen molar-refractivity contribution in [3.8, 4) is 0 Å². The van der Waals surface area contributed by atoms with Gasteiger partial charge in [0, 0.05) is 10.5 Å². The molecule has 1 fully saturated rings. The Morgan fingerprint density at radius 1 is 1.10 bits per heavy atom. The second kappa shape index (κ2) is 5.50. The standard InChI is InChI=1S/C18H22BrN/c1-18(2,11-12-20-13-7-8-13)16-9-10-17(19)15-6-4-3-5-14(15)16/h3-6,9-10,13,20H,7-8,11-12H2,1-2H3. The minimum atomic E-state index is 0.197. The number of fused-ring (bicyclic) bond motifs is 1. The van der Waals surface area contributed by atoms with Crippen LogP contribution in [-0.2, 0) is 5.41 Å². The summed E-state index contributed by atoms with van der Waals surface area (Å²) < 4.78 is 1.18. The lowest BCUT2D eigenvalue weighted by molar-refractivity contribution is 0.459. The highest BCUT2D eigenvalue weighted by atomic mass is 79.9. The predicted molar refractivity (Wildman–Crippen MR) is 90.3 cm³/mol. The van der Waals surface area contributed by atoms with Gasteiger partial charge in [-0.2, -0.15) is 0 Å². The van der Waals surface area contributed by atoms with Gasteiger partial charge in [0.05, 0.1) is 0 Å². The van der Waals surface area contributed by atoms with Gasteiger partial charge in [-0.25, -0.2) is 0 Å². The summed E-state index contributed by atoms with van der Waals surface area (Å²) in [5.41, 5.74) is 1.65. The molecule has 2 heteroatoms. The fraction of sp³-hybridized carbons (Fsp3) is 0.444. The molecule has 0 amide bonds. The molecule has 1 aliphatic rings. The quantitative estimate of drug-likeness (QED) is 0.810. The Morgan fingerprint density at radius 3 is 2.50 bits per heavy atom. The smallest absolute Gasteiger partial charge is 0.0253 e. The van der Waals surface area contributed by atoms with Crippen LogP contribution in [0.3, 0.4) is 0 Å². The van der Waals surface area contributed by atoms with Gasteiger partial charge in [0.2, 0.25) is 0 Å². The molecular weight excluding hydrogens is 310 g/mol. The van der Waals surface area contributed by atoms with Gasteiger partial charge in [-0.1, -0.05) is 60.1 Å². The van der Waals surface area contributed by atoms with Gasteiger partial charge < -0.3 is 5.32 Å². The second-order valence-corrected chi connectivity index (χ2v) is 7.36. The van der Waals surface area contributed by atoms with Crippen molar-refractivity contribution in [2.24, 2.45) is 0 Å². The molecular formula is C18H22BrN. The number of nitrogens with one attached hydrogen (secondary N) is 1. The van der Waals surface area contributed by atoms with E-state index in [2.05, 4.69) is 71.5 Å². The van der Waals surface area contributed by atoms with Gasteiger partial charge in [0.1, 0.15) is 0 Å². The molecule has 3 rings (SSSR count). The lowest BCUT2D eigenvalue weighted by Gasteiger charge is -2.27. The van der Waals surface area contributed by atoms with Crippen LogP contribution in [0.15, 0.2) is 40.9 Å².